The molecular formula is C34H32N4O7. The molecule has 6 N–H and O–H groups in total. The molecule has 1 aromatic heterocycles. The Kier molecular flexibility index (Phi) is 10.1. The molecule has 0 radical (unpaired) electrons. The highest BCUT2D eigenvalue weighted by molar-refractivity contribution is 5.96. The number of carbonyl (C=O) groups excluding carboxylic acids is 2. The van der Waals surface area contributed by atoms with Crippen LogP contribution in [0.2, 0.25) is 0 Å². The first-order chi connectivity index (χ1) is 21.9. The molecule has 0 bridgehead atoms. The number of aromatic nitrogens is 2. The van der Waals surface area contributed by atoms with Crippen LogP contribution in [0.4, 0.5) is 0 Å². The Bertz CT molecular complexity index is 1600. The number of nitrogens with one attached hydrogen (secondary N) is 2. The van der Waals surface area contributed by atoms with Gasteiger partial charge in [-0.05, 0) is 47.5 Å². The number of hydrogen-bond donors (Lipinski definition) is 6. The van der Waals surface area contributed by atoms with E-state index in [1.807, 2.05) is 0 Å². The lowest BCUT2D eigenvalue weighted by Gasteiger charge is -2.22. The van der Waals surface area contributed by atoms with Gasteiger partial charge in [0.25, 0.3) is 11.8 Å². The first kappa shape index (κ1) is 31.2. The van der Waals surface area contributed by atoms with E-state index in [2.05, 4.69) is 20.8 Å². The highest BCUT2D eigenvalue weighted by atomic mass is 16.4. The number of hydrogen-bond acceptors (Lipinski definition) is 9. The van der Waals surface area contributed by atoms with Crippen molar-refractivity contribution in [3.63, 3.8) is 0 Å². The Morgan fingerprint density at radius 2 is 1.00 bits per heavy atom. The number of amides is 2. The second-order valence-electron chi connectivity index (χ2n) is 10.3. The van der Waals surface area contributed by atoms with Gasteiger partial charge in [0.15, 0.2) is 0 Å². The van der Waals surface area contributed by atoms with E-state index in [-0.39, 0.29) is 22.9 Å². The van der Waals surface area contributed by atoms with Gasteiger partial charge in [-0.25, -0.2) is 0 Å². The van der Waals surface area contributed by atoms with E-state index in [1.54, 1.807) is 109 Å². The van der Waals surface area contributed by atoms with Gasteiger partial charge in [0.2, 0.25) is 11.8 Å². The average molecular weight is 609 g/mol. The van der Waals surface area contributed by atoms with E-state index in [4.69, 9.17) is 4.42 Å². The van der Waals surface area contributed by atoms with Crippen LogP contribution < -0.4 is 10.6 Å². The molecule has 0 unspecified atom stereocenters. The zero-order valence-corrected chi connectivity index (χ0v) is 24.0. The Balaban J connectivity index is 1.28. The second-order valence-corrected chi connectivity index (χ2v) is 10.3. The zero-order valence-electron chi connectivity index (χ0n) is 24.0. The van der Waals surface area contributed by atoms with Crippen LogP contribution in [0.3, 0.4) is 0 Å². The van der Waals surface area contributed by atoms with Crippen molar-refractivity contribution in [2.24, 2.45) is 0 Å². The number of aliphatic hydroxyl groups is 4. The maximum absolute atomic E-state index is 13.0. The molecule has 0 aliphatic carbocycles. The fourth-order valence-electron chi connectivity index (χ4n) is 4.76. The summed E-state index contributed by atoms with van der Waals surface area (Å²) < 4.78 is 5.88. The molecule has 4 atom stereocenters. The van der Waals surface area contributed by atoms with Crippen molar-refractivity contribution >= 4 is 11.8 Å². The van der Waals surface area contributed by atoms with E-state index in [0.717, 1.165) is 0 Å². The van der Waals surface area contributed by atoms with Gasteiger partial charge in [-0.2, -0.15) is 0 Å². The van der Waals surface area contributed by atoms with Crippen molar-refractivity contribution in [1.82, 2.24) is 20.8 Å². The number of nitrogens with zero attached hydrogens (tertiary/aromatic N) is 2. The second kappa shape index (κ2) is 14.5. The van der Waals surface area contributed by atoms with E-state index >= 15 is 0 Å². The predicted molar refractivity (Wildman–Crippen MR) is 165 cm³/mol. The molecule has 0 saturated heterocycles. The zero-order chi connectivity index (χ0) is 31.8. The summed E-state index contributed by atoms with van der Waals surface area (Å²) in [6.07, 6.45) is -2.22. The van der Waals surface area contributed by atoms with Crippen molar-refractivity contribution in [1.29, 1.82) is 0 Å². The van der Waals surface area contributed by atoms with E-state index in [9.17, 15) is 30.0 Å². The monoisotopic (exact) mass is 608 g/mol. The SMILES string of the molecule is O=C(N[C@@H](CO)[C@H](O)c1ccccc1)c1cccc(-c2nnc(-c3cccc(C(=O)N[C@@H](CO)[C@H](O)c4ccccc4)c3)o2)c1. The highest BCUT2D eigenvalue weighted by Gasteiger charge is 2.24. The fraction of sp³-hybridized carbons (Fsp3) is 0.176. The summed E-state index contributed by atoms with van der Waals surface area (Å²) in [5.41, 5.74) is 2.54. The van der Waals surface area contributed by atoms with E-state index < -0.39 is 49.3 Å². The fourth-order valence-corrected chi connectivity index (χ4v) is 4.76. The molecule has 5 rings (SSSR count). The number of rotatable bonds is 12. The van der Waals surface area contributed by atoms with Crippen molar-refractivity contribution in [3.8, 4) is 22.9 Å². The molecule has 4 aromatic carbocycles. The molecule has 0 aliphatic heterocycles. The van der Waals surface area contributed by atoms with Crippen molar-refractivity contribution in [3.05, 3.63) is 131 Å². The number of aliphatic hydroxyl groups excluding tert-OH is 4. The Morgan fingerprint density at radius 3 is 1.38 bits per heavy atom. The minimum absolute atomic E-state index is 0.129. The predicted octanol–water partition coefficient (Wildman–Crippen LogP) is 3.05. The van der Waals surface area contributed by atoms with E-state index in [1.165, 1.54) is 0 Å². The van der Waals surface area contributed by atoms with Crippen LogP contribution in [0, 0.1) is 0 Å². The van der Waals surface area contributed by atoms with Crippen LogP contribution in [0.5, 0.6) is 0 Å². The van der Waals surface area contributed by atoms with Gasteiger partial charge in [-0.1, -0.05) is 72.8 Å². The number of benzene rings is 4. The summed E-state index contributed by atoms with van der Waals surface area (Å²) in [4.78, 5) is 26.0. The number of carbonyl (C=O) groups is 2. The van der Waals surface area contributed by atoms with Gasteiger partial charge in [0, 0.05) is 22.3 Å². The maximum atomic E-state index is 13.0. The van der Waals surface area contributed by atoms with Gasteiger partial charge in [0.05, 0.1) is 25.3 Å². The standard InChI is InChI=1S/C34H32N4O7/c39-19-27(29(41)21-9-3-1-4-10-21)35-31(43)23-13-7-15-25(17-23)33-37-38-34(45-33)26-16-8-14-24(18-26)32(44)36-28(20-40)30(42)22-11-5-2-6-12-22/h1-18,27-30,39-42H,19-20H2,(H,35,43)(H,36,44)/t27-,28-,29+,30+/m0/s1. The average Bonchev–Trinajstić information content (AvgIpc) is 3.60. The molecule has 1 heterocycles. The third-order valence-corrected chi connectivity index (χ3v) is 7.24. The highest BCUT2D eigenvalue weighted by Crippen LogP contribution is 2.26. The summed E-state index contributed by atoms with van der Waals surface area (Å²) >= 11 is 0. The van der Waals surface area contributed by atoms with Gasteiger partial charge < -0.3 is 35.5 Å². The lowest BCUT2D eigenvalue weighted by molar-refractivity contribution is 0.0702. The van der Waals surface area contributed by atoms with Gasteiger partial charge in [-0.3, -0.25) is 9.59 Å². The molecule has 11 heteroatoms. The lowest BCUT2D eigenvalue weighted by atomic mass is 10.0. The molecule has 0 aliphatic rings. The lowest BCUT2D eigenvalue weighted by Crippen LogP contribution is -2.42. The molecule has 45 heavy (non-hydrogen) atoms. The molecule has 0 fully saturated rings. The summed E-state index contributed by atoms with van der Waals surface area (Å²) in [5.74, 6) is -0.765. The molecule has 5 aromatic rings. The summed E-state index contributed by atoms with van der Waals surface area (Å²) in [6, 6.07) is 28.5. The summed E-state index contributed by atoms with van der Waals surface area (Å²) in [7, 11) is 0. The molecule has 11 nitrogen and oxygen atoms in total. The van der Waals surface area contributed by atoms with E-state index in [0.29, 0.717) is 22.3 Å². The largest absolute Gasteiger partial charge is 0.416 e. The smallest absolute Gasteiger partial charge is 0.251 e. The third-order valence-electron chi connectivity index (χ3n) is 7.24. The van der Waals surface area contributed by atoms with Crippen molar-refractivity contribution in [2.45, 2.75) is 24.3 Å². The molecule has 0 saturated carbocycles. The topological polar surface area (TPSA) is 178 Å². The van der Waals surface area contributed by atoms with Crippen molar-refractivity contribution in [2.75, 3.05) is 13.2 Å². The normalized spacial score (nSPS) is 13.8. The molecule has 2 amide bonds. The van der Waals surface area contributed by atoms with Crippen LogP contribution in [-0.4, -0.2) is 67.7 Å². The van der Waals surface area contributed by atoms with Crippen LogP contribution in [0.25, 0.3) is 22.9 Å². The third kappa shape index (κ3) is 7.48. The quantitative estimate of drug-likeness (QED) is 0.124. The minimum atomic E-state index is -1.11. The van der Waals surface area contributed by atoms with Crippen molar-refractivity contribution < 1.29 is 34.4 Å². The Morgan fingerprint density at radius 1 is 0.600 bits per heavy atom. The van der Waals surface area contributed by atoms with Gasteiger partial charge in [-0.15, -0.1) is 10.2 Å². The first-order valence-corrected chi connectivity index (χ1v) is 14.2. The summed E-state index contributed by atoms with van der Waals surface area (Å²) in [6.45, 7) is -0.945. The van der Waals surface area contributed by atoms with Crippen LogP contribution in [0.1, 0.15) is 44.1 Å². The molecule has 230 valence electrons. The molecular weight excluding hydrogens is 576 g/mol. The molecule has 0 spiro atoms. The Labute approximate surface area is 258 Å². The first-order valence-electron chi connectivity index (χ1n) is 14.2. The minimum Gasteiger partial charge on any atom is -0.416 e. The van der Waals surface area contributed by atoms with Crippen LogP contribution >= 0.6 is 0 Å². The summed E-state index contributed by atoms with van der Waals surface area (Å²) in [5, 5.41) is 54.5. The maximum Gasteiger partial charge on any atom is 0.251 e. The van der Waals surface area contributed by atoms with Gasteiger partial charge >= 0.3 is 0 Å². The Hall–Kier alpha value is -5.20. The van der Waals surface area contributed by atoms with Crippen LogP contribution in [-0.2, 0) is 0 Å². The van der Waals surface area contributed by atoms with Crippen LogP contribution in [0.15, 0.2) is 114 Å². The van der Waals surface area contributed by atoms with Gasteiger partial charge in [0.1, 0.15) is 12.2 Å².